The van der Waals surface area contributed by atoms with Gasteiger partial charge in [-0.2, -0.15) is 0 Å². The molecule has 7 heteroatoms. The molecule has 5 nitrogen and oxygen atoms in total. The number of carbonyl (C=O) groups is 2. The molecule has 2 amide bonds. The Labute approximate surface area is 227 Å². The summed E-state index contributed by atoms with van der Waals surface area (Å²) in [6.07, 6.45) is 1.05. The fourth-order valence-corrected chi connectivity index (χ4v) is 4.46. The van der Waals surface area contributed by atoms with Gasteiger partial charge in [0.05, 0.1) is 4.47 Å². The molecular weight excluding hydrogens is 535 g/mol. The minimum Gasteiger partial charge on any atom is -0.483 e. The van der Waals surface area contributed by atoms with Crippen LogP contribution in [-0.4, -0.2) is 35.9 Å². The minimum absolute atomic E-state index is 0.0562. The second-order valence-corrected chi connectivity index (χ2v) is 10.1. The van der Waals surface area contributed by atoms with Gasteiger partial charge in [0.1, 0.15) is 17.6 Å². The first-order chi connectivity index (χ1) is 17.8. The molecule has 0 saturated heterocycles. The second-order valence-electron chi connectivity index (χ2n) is 9.24. The predicted molar refractivity (Wildman–Crippen MR) is 148 cm³/mol. The number of nitrogens with zero attached hydrogens (tertiary/aromatic N) is 1. The van der Waals surface area contributed by atoms with Crippen molar-refractivity contribution >= 4 is 27.7 Å². The van der Waals surface area contributed by atoms with E-state index in [2.05, 4.69) is 35.1 Å². The monoisotopic (exact) mass is 568 g/mol. The van der Waals surface area contributed by atoms with E-state index in [4.69, 9.17) is 4.74 Å². The average Bonchev–Trinajstić information content (AvgIpc) is 2.89. The van der Waals surface area contributed by atoms with Gasteiger partial charge in [-0.05, 0) is 57.6 Å². The van der Waals surface area contributed by atoms with Crippen LogP contribution in [0.3, 0.4) is 0 Å². The molecule has 0 aliphatic rings. The summed E-state index contributed by atoms with van der Waals surface area (Å²) in [5, 5.41) is 2.91. The Morgan fingerprint density at radius 1 is 1.03 bits per heavy atom. The number of carbonyl (C=O) groups excluding carboxylic acids is 2. The van der Waals surface area contributed by atoms with Crippen molar-refractivity contribution < 1.29 is 18.7 Å². The largest absolute Gasteiger partial charge is 0.483 e. The fraction of sp³-hybridized carbons (Fsp3) is 0.333. The number of hydrogen-bond donors (Lipinski definition) is 1. The average molecular weight is 570 g/mol. The van der Waals surface area contributed by atoms with Crippen LogP contribution in [0.15, 0.2) is 77.3 Å². The molecule has 0 bridgehead atoms. The maximum Gasteiger partial charge on any atom is 0.261 e. The van der Waals surface area contributed by atoms with Crippen molar-refractivity contribution in [1.82, 2.24) is 10.2 Å². The summed E-state index contributed by atoms with van der Waals surface area (Å²) in [6, 6.07) is 20.7. The number of rotatable bonds is 12. The second kappa shape index (κ2) is 13.9. The van der Waals surface area contributed by atoms with Crippen molar-refractivity contribution in [2.24, 2.45) is 0 Å². The lowest BCUT2D eigenvalue weighted by atomic mass is 10.0. The van der Waals surface area contributed by atoms with Crippen LogP contribution < -0.4 is 10.1 Å². The molecule has 196 valence electrons. The number of nitrogens with one attached hydrogen (secondary N) is 1. The van der Waals surface area contributed by atoms with E-state index in [-0.39, 0.29) is 19.1 Å². The Bertz CT molecular complexity index is 1190. The number of amides is 2. The van der Waals surface area contributed by atoms with E-state index in [0.29, 0.717) is 30.2 Å². The van der Waals surface area contributed by atoms with Gasteiger partial charge in [-0.25, -0.2) is 4.39 Å². The smallest absolute Gasteiger partial charge is 0.261 e. The van der Waals surface area contributed by atoms with Crippen LogP contribution in [0.4, 0.5) is 4.39 Å². The molecule has 0 aliphatic heterocycles. The lowest BCUT2D eigenvalue weighted by molar-refractivity contribution is -0.142. The Morgan fingerprint density at radius 2 is 1.73 bits per heavy atom. The Hall–Kier alpha value is -3.19. The van der Waals surface area contributed by atoms with Crippen molar-refractivity contribution in [1.29, 1.82) is 0 Å². The highest BCUT2D eigenvalue weighted by atomic mass is 79.9. The quantitative estimate of drug-likeness (QED) is 0.280. The molecule has 3 rings (SSSR count). The van der Waals surface area contributed by atoms with E-state index in [1.807, 2.05) is 55.5 Å². The van der Waals surface area contributed by atoms with Gasteiger partial charge < -0.3 is 15.0 Å². The third-order valence-corrected chi connectivity index (χ3v) is 6.71. The van der Waals surface area contributed by atoms with E-state index in [9.17, 15) is 14.0 Å². The number of halogens is 2. The first kappa shape index (κ1) is 28.4. The molecule has 0 fully saturated rings. The highest BCUT2D eigenvalue weighted by Crippen LogP contribution is 2.29. The van der Waals surface area contributed by atoms with E-state index in [1.54, 1.807) is 18.2 Å². The zero-order chi connectivity index (χ0) is 26.8. The van der Waals surface area contributed by atoms with Gasteiger partial charge in [-0.3, -0.25) is 9.59 Å². The SMILES string of the molecule is CCCNC(=O)[C@H](Cc1ccccc1)N(Cc1ccccc1F)C(=O)COc1ccc(C(C)C)cc1Br. The van der Waals surface area contributed by atoms with Gasteiger partial charge in [-0.1, -0.05) is 75.4 Å². The molecule has 0 spiro atoms. The zero-order valence-electron chi connectivity index (χ0n) is 21.5. The first-order valence-electron chi connectivity index (χ1n) is 12.6. The van der Waals surface area contributed by atoms with Gasteiger partial charge in [0.15, 0.2) is 6.61 Å². The molecule has 3 aromatic carbocycles. The Kier molecular flexibility index (Phi) is 10.7. The van der Waals surface area contributed by atoms with Crippen LogP contribution in [0.5, 0.6) is 5.75 Å². The summed E-state index contributed by atoms with van der Waals surface area (Å²) in [7, 11) is 0. The minimum atomic E-state index is -0.837. The molecular formula is C30H34BrFN2O3. The van der Waals surface area contributed by atoms with Crippen molar-refractivity contribution in [3.05, 3.63) is 99.8 Å². The predicted octanol–water partition coefficient (Wildman–Crippen LogP) is 6.26. The standard InChI is InChI=1S/C30H34BrFN2O3/c1-4-16-33-30(36)27(17-22-10-6-5-7-11-22)34(19-24-12-8-9-13-26(24)32)29(35)20-37-28-15-14-23(21(2)3)18-25(28)31/h5-15,18,21,27H,4,16-17,19-20H2,1-3H3,(H,33,36)/t27-/m0/s1. The van der Waals surface area contributed by atoms with Crippen molar-refractivity contribution in [2.75, 3.05) is 13.2 Å². The van der Waals surface area contributed by atoms with Gasteiger partial charge in [0, 0.05) is 25.1 Å². The van der Waals surface area contributed by atoms with Gasteiger partial charge in [0.25, 0.3) is 5.91 Å². The molecule has 0 aromatic heterocycles. The highest BCUT2D eigenvalue weighted by molar-refractivity contribution is 9.10. The summed E-state index contributed by atoms with van der Waals surface area (Å²) >= 11 is 3.53. The summed E-state index contributed by atoms with van der Waals surface area (Å²) in [5.74, 6) is -0.239. The summed E-state index contributed by atoms with van der Waals surface area (Å²) in [6.45, 7) is 6.30. The summed E-state index contributed by atoms with van der Waals surface area (Å²) in [5.41, 5.74) is 2.38. The summed E-state index contributed by atoms with van der Waals surface area (Å²) in [4.78, 5) is 28.3. The van der Waals surface area contributed by atoms with E-state index in [1.165, 1.54) is 11.0 Å². The topological polar surface area (TPSA) is 58.6 Å². The van der Waals surface area contributed by atoms with Crippen LogP contribution in [0.1, 0.15) is 49.8 Å². The van der Waals surface area contributed by atoms with Crippen molar-refractivity contribution in [3.8, 4) is 5.75 Å². The lowest BCUT2D eigenvalue weighted by Crippen LogP contribution is -2.52. The van der Waals surface area contributed by atoms with Gasteiger partial charge in [0.2, 0.25) is 5.91 Å². The molecule has 3 aromatic rings. The molecule has 0 radical (unpaired) electrons. The van der Waals surface area contributed by atoms with Gasteiger partial charge >= 0.3 is 0 Å². The van der Waals surface area contributed by atoms with Crippen LogP contribution in [-0.2, 0) is 22.6 Å². The Balaban J connectivity index is 1.90. The zero-order valence-corrected chi connectivity index (χ0v) is 23.1. The number of ether oxygens (including phenoxy) is 1. The molecule has 1 atom stereocenters. The number of hydrogen-bond acceptors (Lipinski definition) is 3. The van der Waals surface area contributed by atoms with Crippen LogP contribution in [0.25, 0.3) is 0 Å². The Morgan fingerprint density at radius 3 is 2.38 bits per heavy atom. The number of benzene rings is 3. The highest BCUT2D eigenvalue weighted by Gasteiger charge is 2.31. The van der Waals surface area contributed by atoms with Gasteiger partial charge in [-0.15, -0.1) is 0 Å². The van der Waals surface area contributed by atoms with Crippen molar-refractivity contribution in [3.63, 3.8) is 0 Å². The van der Waals surface area contributed by atoms with Crippen LogP contribution >= 0.6 is 15.9 Å². The molecule has 0 unspecified atom stereocenters. The van der Waals surface area contributed by atoms with Crippen LogP contribution in [0, 0.1) is 5.82 Å². The molecule has 37 heavy (non-hydrogen) atoms. The fourth-order valence-electron chi connectivity index (χ4n) is 3.95. The normalized spacial score (nSPS) is 11.7. The summed E-state index contributed by atoms with van der Waals surface area (Å²) < 4.78 is 21.3. The van der Waals surface area contributed by atoms with E-state index >= 15 is 0 Å². The molecule has 0 heterocycles. The van der Waals surface area contributed by atoms with E-state index < -0.39 is 17.8 Å². The maximum atomic E-state index is 14.6. The first-order valence-corrected chi connectivity index (χ1v) is 13.4. The molecule has 0 aliphatic carbocycles. The van der Waals surface area contributed by atoms with Crippen molar-refractivity contribution in [2.45, 2.75) is 52.1 Å². The third-order valence-electron chi connectivity index (χ3n) is 6.09. The molecule has 1 N–H and O–H groups in total. The lowest BCUT2D eigenvalue weighted by Gasteiger charge is -2.31. The van der Waals surface area contributed by atoms with E-state index in [0.717, 1.165) is 22.0 Å². The third kappa shape index (κ3) is 8.15. The molecule has 0 saturated carbocycles. The maximum absolute atomic E-state index is 14.6. The van der Waals surface area contributed by atoms with Crippen LogP contribution in [0.2, 0.25) is 0 Å².